The Bertz CT molecular complexity index is 1020. The maximum Gasteiger partial charge on any atom is 0.240 e. The summed E-state index contributed by atoms with van der Waals surface area (Å²) in [5.74, 6) is 0.807. The highest BCUT2D eigenvalue weighted by Crippen LogP contribution is 2.19. The summed E-state index contributed by atoms with van der Waals surface area (Å²) in [6.07, 6.45) is 2.63. The number of rotatable bonds is 10. The first-order valence-electron chi connectivity index (χ1n) is 9.26. The molecule has 0 aliphatic carbocycles. The van der Waals surface area contributed by atoms with Gasteiger partial charge in [0.05, 0.1) is 24.2 Å². The number of nitrogens with one attached hydrogen (secondary N) is 1. The van der Waals surface area contributed by atoms with Gasteiger partial charge in [-0.05, 0) is 42.3 Å². The summed E-state index contributed by atoms with van der Waals surface area (Å²) in [7, 11) is -2.32. The van der Waals surface area contributed by atoms with Gasteiger partial charge in [-0.25, -0.2) is 23.1 Å². The van der Waals surface area contributed by atoms with Crippen LogP contribution >= 0.6 is 11.8 Å². The van der Waals surface area contributed by atoms with Gasteiger partial charge in [0.1, 0.15) is 5.75 Å². The molecular formula is C21H23N3O4S2. The Morgan fingerprint density at radius 3 is 2.33 bits per heavy atom. The molecule has 7 nitrogen and oxygen atoms in total. The molecule has 3 aromatic rings. The number of benzene rings is 2. The number of ether oxygens (including phenoxy) is 1. The number of methoxy groups -OCH3 is 1. The highest BCUT2D eigenvalue weighted by Gasteiger charge is 2.26. The van der Waals surface area contributed by atoms with Crippen LogP contribution in [0.15, 0.2) is 83.1 Å². The molecule has 2 aromatic carbocycles. The molecule has 0 amide bonds. The Balaban J connectivity index is 1.77. The van der Waals surface area contributed by atoms with Gasteiger partial charge < -0.3 is 9.84 Å². The first kappa shape index (κ1) is 22.2. The molecule has 0 saturated carbocycles. The number of aromatic nitrogens is 2. The molecule has 9 heteroatoms. The molecule has 0 aliphatic rings. The van der Waals surface area contributed by atoms with Crippen molar-refractivity contribution in [3.8, 4) is 5.75 Å². The zero-order valence-electron chi connectivity index (χ0n) is 16.4. The van der Waals surface area contributed by atoms with E-state index in [0.717, 1.165) is 5.56 Å². The quantitative estimate of drug-likeness (QED) is 0.365. The maximum absolute atomic E-state index is 12.9. The van der Waals surface area contributed by atoms with E-state index >= 15 is 0 Å². The van der Waals surface area contributed by atoms with Gasteiger partial charge in [-0.1, -0.05) is 42.1 Å². The van der Waals surface area contributed by atoms with Crippen LogP contribution < -0.4 is 9.46 Å². The number of aliphatic hydroxyl groups excluding tert-OH is 1. The monoisotopic (exact) mass is 445 g/mol. The minimum Gasteiger partial charge on any atom is -0.497 e. The molecule has 158 valence electrons. The van der Waals surface area contributed by atoms with E-state index in [2.05, 4.69) is 14.7 Å². The van der Waals surface area contributed by atoms with E-state index < -0.39 is 22.2 Å². The first-order chi connectivity index (χ1) is 14.5. The lowest BCUT2D eigenvalue weighted by Crippen LogP contribution is -2.45. The van der Waals surface area contributed by atoms with Gasteiger partial charge in [-0.2, -0.15) is 0 Å². The zero-order chi connectivity index (χ0) is 21.4. The van der Waals surface area contributed by atoms with Crippen LogP contribution in [0, 0.1) is 0 Å². The van der Waals surface area contributed by atoms with Crippen LogP contribution in [-0.4, -0.2) is 48.5 Å². The highest BCUT2D eigenvalue weighted by atomic mass is 32.2. The number of nitrogens with zero attached hydrogens (tertiary/aromatic N) is 2. The second-order valence-electron chi connectivity index (χ2n) is 6.50. The summed E-state index contributed by atoms with van der Waals surface area (Å²) in [6.45, 7) is 0. The number of hydrogen-bond acceptors (Lipinski definition) is 7. The van der Waals surface area contributed by atoms with Crippen LogP contribution in [-0.2, 0) is 16.4 Å². The van der Waals surface area contributed by atoms with Gasteiger partial charge in [0, 0.05) is 18.1 Å². The van der Waals surface area contributed by atoms with Crippen LogP contribution in [0.4, 0.5) is 0 Å². The lowest BCUT2D eigenvalue weighted by atomic mass is 10.0. The molecule has 0 bridgehead atoms. The highest BCUT2D eigenvalue weighted by molar-refractivity contribution is 7.99. The molecular weight excluding hydrogens is 422 g/mol. The van der Waals surface area contributed by atoms with Gasteiger partial charge >= 0.3 is 0 Å². The predicted molar refractivity (Wildman–Crippen MR) is 116 cm³/mol. The van der Waals surface area contributed by atoms with E-state index in [1.54, 1.807) is 30.6 Å². The molecule has 0 saturated heterocycles. The van der Waals surface area contributed by atoms with Crippen molar-refractivity contribution in [2.24, 2.45) is 0 Å². The fourth-order valence-corrected chi connectivity index (χ4v) is 4.87. The van der Waals surface area contributed by atoms with Crippen molar-refractivity contribution in [2.75, 3.05) is 12.9 Å². The van der Waals surface area contributed by atoms with Crippen molar-refractivity contribution in [3.63, 3.8) is 0 Å². The van der Waals surface area contributed by atoms with E-state index in [1.165, 1.54) is 31.0 Å². The van der Waals surface area contributed by atoms with Crippen molar-refractivity contribution in [1.82, 2.24) is 14.7 Å². The molecule has 0 spiro atoms. The number of sulfonamides is 1. The number of hydrogen-bond donors (Lipinski definition) is 2. The van der Waals surface area contributed by atoms with Gasteiger partial charge in [-0.15, -0.1) is 0 Å². The van der Waals surface area contributed by atoms with Crippen molar-refractivity contribution < 1.29 is 18.3 Å². The molecule has 1 aromatic heterocycles. The Kier molecular flexibility index (Phi) is 7.81. The average Bonchev–Trinajstić information content (AvgIpc) is 2.78. The van der Waals surface area contributed by atoms with E-state index in [9.17, 15) is 13.5 Å². The topological polar surface area (TPSA) is 101 Å². The fourth-order valence-electron chi connectivity index (χ4n) is 2.78. The average molecular weight is 446 g/mol. The lowest BCUT2D eigenvalue weighted by molar-refractivity contribution is 0.160. The first-order valence-corrected chi connectivity index (χ1v) is 11.7. The van der Waals surface area contributed by atoms with Gasteiger partial charge in [0.2, 0.25) is 10.0 Å². The Hall–Kier alpha value is -2.46. The van der Waals surface area contributed by atoms with Crippen LogP contribution in [0.2, 0.25) is 0 Å². The second-order valence-corrected chi connectivity index (χ2v) is 9.20. The Labute approximate surface area is 180 Å². The molecule has 0 fully saturated rings. The lowest BCUT2D eigenvalue weighted by Gasteiger charge is -2.24. The van der Waals surface area contributed by atoms with Crippen LogP contribution in [0.3, 0.4) is 0 Å². The Morgan fingerprint density at radius 1 is 1.03 bits per heavy atom. The summed E-state index contributed by atoms with van der Waals surface area (Å²) in [4.78, 5) is 8.35. The van der Waals surface area contributed by atoms with E-state index in [-0.39, 0.29) is 10.6 Å². The van der Waals surface area contributed by atoms with E-state index in [0.29, 0.717) is 17.3 Å². The van der Waals surface area contributed by atoms with E-state index in [1.807, 2.05) is 30.3 Å². The zero-order valence-corrected chi connectivity index (χ0v) is 18.0. The molecule has 0 unspecified atom stereocenters. The molecule has 2 N–H and O–H groups in total. The summed E-state index contributed by atoms with van der Waals surface area (Å²) < 4.78 is 33.6. The summed E-state index contributed by atoms with van der Waals surface area (Å²) >= 11 is 1.27. The smallest absolute Gasteiger partial charge is 0.240 e. The third kappa shape index (κ3) is 6.27. The summed E-state index contributed by atoms with van der Waals surface area (Å²) in [6, 6.07) is 16.5. The Morgan fingerprint density at radius 2 is 1.70 bits per heavy atom. The molecule has 1 heterocycles. The maximum atomic E-state index is 12.9. The van der Waals surface area contributed by atoms with Crippen molar-refractivity contribution in [3.05, 3.63) is 78.6 Å². The minimum atomic E-state index is -3.84. The van der Waals surface area contributed by atoms with Crippen molar-refractivity contribution in [1.29, 1.82) is 0 Å². The molecule has 3 rings (SSSR count). The standard InChI is InChI=1S/C21H23N3O4S2/c1-28-17-8-10-18(11-9-17)30(26,27)24-19(14-16-6-3-2-4-7-16)20(25)15-29-21-22-12-5-13-23-21/h2-13,19-20,24-25H,14-15H2,1H3/t19-,20+/m0/s1. The normalized spacial score (nSPS) is 13.5. The predicted octanol–water partition coefficient (Wildman–Crippen LogP) is 2.53. The van der Waals surface area contributed by atoms with Gasteiger partial charge in [-0.3, -0.25) is 0 Å². The largest absolute Gasteiger partial charge is 0.497 e. The van der Waals surface area contributed by atoms with Crippen LogP contribution in [0.5, 0.6) is 5.75 Å². The fraction of sp³-hybridized carbons (Fsp3) is 0.238. The number of thioether (sulfide) groups is 1. The summed E-state index contributed by atoms with van der Waals surface area (Å²) in [5, 5.41) is 11.3. The molecule has 0 radical (unpaired) electrons. The molecule has 30 heavy (non-hydrogen) atoms. The minimum absolute atomic E-state index is 0.104. The SMILES string of the molecule is COc1ccc(S(=O)(=O)N[C@@H](Cc2ccccc2)[C@H](O)CSc2ncccn2)cc1. The molecule has 2 atom stereocenters. The van der Waals surface area contributed by atoms with E-state index in [4.69, 9.17) is 4.74 Å². The van der Waals surface area contributed by atoms with Gasteiger partial charge in [0.25, 0.3) is 0 Å². The third-order valence-corrected chi connectivity index (χ3v) is 6.85. The molecule has 0 aliphatic heterocycles. The second kappa shape index (κ2) is 10.5. The summed E-state index contributed by atoms with van der Waals surface area (Å²) in [5.41, 5.74) is 0.917. The van der Waals surface area contributed by atoms with Crippen LogP contribution in [0.25, 0.3) is 0 Å². The number of aliphatic hydroxyl groups is 1. The van der Waals surface area contributed by atoms with Gasteiger partial charge in [0.15, 0.2) is 5.16 Å². The van der Waals surface area contributed by atoms with Crippen molar-refractivity contribution >= 4 is 21.8 Å². The van der Waals surface area contributed by atoms with Crippen molar-refractivity contribution in [2.45, 2.75) is 28.6 Å². The third-order valence-electron chi connectivity index (χ3n) is 4.36. The van der Waals surface area contributed by atoms with Crippen LogP contribution in [0.1, 0.15) is 5.56 Å².